The molecule has 2 aliphatic heterocycles. The summed E-state index contributed by atoms with van der Waals surface area (Å²) in [5, 5.41) is 13.8. The van der Waals surface area contributed by atoms with Crippen molar-refractivity contribution in [1.82, 2.24) is 5.32 Å². The molecule has 0 saturated carbocycles. The maximum absolute atomic E-state index is 13.4. The van der Waals surface area contributed by atoms with Crippen LogP contribution in [0.5, 0.6) is 0 Å². The minimum Gasteiger partial charge on any atom is -0.465 e. The lowest BCUT2D eigenvalue weighted by atomic mass is 9.63. The Bertz CT molecular complexity index is 956. The largest absolute Gasteiger partial charge is 0.465 e. The summed E-state index contributed by atoms with van der Waals surface area (Å²) < 4.78 is 10.7. The highest BCUT2D eigenvalue weighted by atomic mass is 16.5. The van der Waals surface area contributed by atoms with Crippen molar-refractivity contribution in [1.29, 1.82) is 5.26 Å². The summed E-state index contributed by atoms with van der Waals surface area (Å²) >= 11 is 0. The van der Waals surface area contributed by atoms with E-state index in [4.69, 9.17) is 9.47 Å². The number of hydrogen-bond donors (Lipinski definition) is 1. The summed E-state index contributed by atoms with van der Waals surface area (Å²) in [4.78, 5) is 26.4. The molecular formula is C23H22N2O4. The van der Waals surface area contributed by atoms with Crippen LogP contribution in [0.1, 0.15) is 36.4 Å². The predicted molar refractivity (Wildman–Crippen MR) is 104 cm³/mol. The van der Waals surface area contributed by atoms with E-state index in [0.29, 0.717) is 6.42 Å². The minimum atomic E-state index is -1.62. The average Bonchev–Trinajstić information content (AvgIpc) is 3.28. The Morgan fingerprint density at radius 1 is 1.17 bits per heavy atom. The number of esters is 2. The van der Waals surface area contributed by atoms with Crippen LogP contribution in [0, 0.1) is 16.7 Å². The van der Waals surface area contributed by atoms with Gasteiger partial charge in [-0.1, -0.05) is 60.7 Å². The van der Waals surface area contributed by atoms with Crippen molar-refractivity contribution in [2.75, 3.05) is 13.2 Å². The molecule has 2 aromatic rings. The standard InChI is InChI=1S/C23H22N2O4/c1-2-28-20(26)22(15-24)18(16-9-5-3-6-10-16)23(13-14-29-21(23)27)25-19(22)17-11-7-4-8-12-17/h3-12,18-19,25H,2,13-14H2,1H3/t18?,19-,22?,23-/m1/s1. The molecule has 4 atom stereocenters. The summed E-state index contributed by atoms with van der Waals surface area (Å²) in [5.41, 5.74) is -1.32. The van der Waals surface area contributed by atoms with Crippen molar-refractivity contribution in [3.63, 3.8) is 0 Å². The fourth-order valence-electron chi connectivity index (χ4n) is 4.78. The SMILES string of the molecule is CCOC(=O)C1(C#N)C(c2ccccc2)[C@@]2(CCOC2=O)N[C@@H]1c1ccccc1. The summed E-state index contributed by atoms with van der Waals surface area (Å²) in [6.45, 7) is 2.09. The van der Waals surface area contributed by atoms with Gasteiger partial charge in [0.25, 0.3) is 0 Å². The van der Waals surface area contributed by atoms with Gasteiger partial charge in [-0.25, -0.2) is 0 Å². The molecule has 148 valence electrons. The zero-order valence-corrected chi connectivity index (χ0v) is 16.1. The number of carbonyl (C=O) groups excluding carboxylic acids is 2. The maximum atomic E-state index is 13.4. The summed E-state index contributed by atoms with van der Waals surface area (Å²) in [6.07, 6.45) is 0.373. The lowest BCUT2D eigenvalue weighted by molar-refractivity contribution is -0.154. The molecule has 2 heterocycles. The van der Waals surface area contributed by atoms with Crippen LogP contribution in [-0.4, -0.2) is 30.7 Å². The molecule has 2 fully saturated rings. The monoisotopic (exact) mass is 390 g/mol. The number of carbonyl (C=O) groups is 2. The first-order chi connectivity index (χ1) is 14.1. The van der Waals surface area contributed by atoms with Crippen LogP contribution < -0.4 is 5.32 Å². The quantitative estimate of drug-likeness (QED) is 0.808. The molecule has 2 aliphatic rings. The van der Waals surface area contributed by atoms with Crippen LogP contribution in [0.4, 0.5) is 0 Å². The second-order valence-electron chi connectivity index (χ2n) is 7.39. The highest BCUT2D eigenvalue weighted by molar-refractivity contribution is 5.92. The van der Waals surface area contributed by atoms with Crippen LogP contribution in [0.25, 0.3) is 0 Å². The first kappa shape index (κ1) is 19.2. The van der Waals surface area contributed by atoms with Gasteiger partial charge >= 0.3 is 11.9 Å². The molecule has 29 heavy (non-hydrogen) atoms. The fraction of sp³-hybridized carbons (Fsp3) is 0.348. The van der Waals surface area contributed by atoms with E-state index in [1.165, 1.54) is 0 Å². The van der Waals surface area contributed by atoms with Gasteiger partial charge in [0, 0.05) is 12.3 Å². The van der Waals surface area contributed by atoms with Crippen molar-refractivity contribution >= 4 is 11.9 Å². The second-order valence-corrected chi connectivity index (χ2v) is 7.39. The zero-order chi connectivity index (χ0) is 20.5. The number of nitrogens with zero attached hydrogens (tertiary/aromatic N) is 1. The van der Waals surface area contributed by atoms with Crippen molar-refractivity contribution in [3.05, 3.63) is 71.8 Å². The lowest BCUT2D eigenvalue weighted by Gasteiger charge is -2.34. The van der Waals surface area contributed by atoms with Gasteiger partial charge in [0.05, 0.1) is 25.3 Å². The Morgan fingerprint density at radius 2 is 1.79 bits per heavy atom. The van der Waals surface area contributed by atoms with Gasteiger partial charge in [-0.05, 0) is 18.1 Å². The van der Waals surface area contributed by atoms with E-state index >= 15 is 0 Å². The minimum absolute atomic E-state index is 0.142. The van der Waals surface area contributed by atoms with Gasteiger partial charge in [-0.15, -0.1) is 0 Å². The average molecular weight is 390 g/mol. The topological polar surface area (TPSA) is 88.4 Å². The molecule has 4 rings (SSSR count). The van der Waals surface area contributed by atoms with Gasteiger partial charge in [0.2, 0.25) is 0 Å². The van der Waals surface area contributed by atoms with Crippen LogP contribution in [0.2, 0.25) is 0 Å². The smallest absolute Gasteiger partial charge is 0.329 e. The number of hydrogen-bond acceptors (Lipinski definition) is 6. The molecule has 0 bridgehead atoms. The van der Waals surface area contributed by atoms with E-state index in [9.17, 15) is 14.9 Å². The highest BCUT2D eigenvalue weighted by Crippen LogP contribution is 2.59. The van der Waals surface area contributed by atoms with E-state index in [-0.39, 0.29) is 13.2 Å². The Morgan fingerprint density at radius 3 is 2.31 bits per heavy atom. The zero-order valence-electron chi connectivity index (χ0n) is 16.1. The molecule has 0 amide bonds. The van der Waals surface area contributed by atoms with Gasteiger partial charge in [-0.2, -0.15) is 5.26 Å². The third kappa shape index (κ3) is 2.73. The third-order valence-electron chi connectivity index (χ3n) is 5.96. The van der Waals surface area contributed by atoms with Crippen molar-refractivity contribution < 1.29 is 19.1 Å². The molecule has 0 radical (unpaired) electrons. The van der Waals surface area contributed by atoms with E-state index in [1.54, 1.807) is 6.92 Å². The Kier molecular flexibility index (Phi) is 4.85. The number of rotatable bonds is 4. The van der Waals surface area contributed by atoms with E-state index in [1.807, 2.05) is 60.7 Å². The molecule has 6 nitrogen and oxygen atoms in total. The van der Waals surface area contributed by atoms with Gasteiger partial charge in [-0.3, -0.25) is 14.9 Å². The number of benzene rings is 2. The Balaban J connectivity index is 2.00. The number of nitriles is 1. The van der Waals surface area contributed by atoms with Gasteiger partial charge in [0.1, 0.15) is 5.54 Å². The van der Waals surface area contributed by atoms with Crippen molar-refractivity contribution in [2.24, 2.45) is 5.41 Å². The first-order valence-electron chi connectivity index (χ1n) is 9.73. The molecule has 2 unspecified atom stereocenters. The maximum Gasteiger partial charge on any atom is 0.329 e. The van der Waals surface area contributed by atoms with Crippen LogP contribution >= 0.6 is 0 Å². The molecule has 1 N–H and O–H groups in total. The van der Waals surface area contributed by atoms with Crippen LogP contribution in [0.3, 0.4) is 0 Å². The predicted octanol–water partition coefficient (Wildman–Crippen LogP) is 2.87. The summed E-state index contributed by atoms with van der Waals surface area (Å²) in [5.74, 6) is -1.82. The van der Waals surface area contributed by atoms with Crippen molar-refractivity contribution in [2.45, 2.75) is 30.8 Å². The van der Waals surface area contributed by atoms with E-state index in [0.717, 1.165) is 11.1 Å². The summed E-state index contributed by atoms with van der Waals surface area (Å²) in [6, 6.07) is 20.1. The molecule has 6 heteroatoms. The fourth-order valence-corrected chi connectivity index (χ4v) is 4.78. The van der Waals surface area contributed by atoms with E-state index in [2.05, 4.69) is 11.4 Å². The number of cyclic esters (lactones) is 1. The Hall–Kier alpha value is -3.17. The Labute approximate surface area is 169 Å². The molecule has 0 aromatic heterocycles. The molecule has 1 spiro atoms. The third-order valence-corrected chi connectivity index (χ3v) is 5.96. The molecule has 2 saturated heterocycles. The van der Waals surface area contributed by atoms with E-state index < -0.39 is 34.9 Å². The van der Waals surface area contributed by atoms with Gasteiger partial charge < -0.3 is 9.47 Å². The normalized spacial score (nSPS) is 30.7. The molecule has 0 aliphatic carbocycles. The van der Waals surface area contributed by atoms with Crippen LogP contribution in [-0.2, 0) is 19.1 Å². The van der Waals surface area contributed by atoms with Crippen molar-refractivity contribution in [3.8, 4) is 6.07 Å². The highest BCUT2D eigenvalue weighted by Gasteiger charge is 2.72. The number of nitrogens with one attached hydrogen (secondary N) is 1. The molecule has 2 aromatic carbocycles. The van der Waals surface area contributed by atoms with Gasteiger partial charge in [0.15, 0.2) is 5.41 Å². The summed E-state index contributed by atoms with van der Waals surface area (Å²) in [7, 11) is 0. The lowest BCUT2D eigenvalue weighted by Crippen LogP contribution is -2.49. The first-order valence-corrected chi connectivity index (χ1v) is 9.73. The molecular weight excluding hydrogens is 368 g/mol. The second kappa shape index (κ2) is 7.34. The van der Waals surface area contributed by atoms with Crippen LogP contribution in [0.15, 0.2) is 60.7 Å². The number of ether oxygens (including phenoxy) is 2.